The number of aliphatic hydroxyl groups excluding tert-OH is 1. The Morgan fingerprint density at radius 1 is 0.935 bits per heavy atom. The molecule has 1 aliphatic heterocycles. The number of hydrogen-bond donors (Lipinski definition) is 1. The molecule has 164 valence electrons. The van der Waals surface area contributed by atoms with Gasteiger partial charge in [0.05, 0.1) is 30.8 Å². The highest BCUT2D eigenvalue weighted by atomic mass is 16.6. The summed E-state index contributed by atoms with van der Waals surface area (Å²) in [6.45, 7) is -0.216. The average Bonchev–Trinajstić information content (AvgIpc) is 2.80. The number of esters is 3. The Kier molecular flexibility index (Phi) is 7.75. The molecule has 1 saturated heterocycles. The van der Waals surface area contributed by atoms with Gasteiger partial charge in [0.15, 0.2) is 0 Å². The van der Waals surface area contributed by atoms with Crippen LogP contribution in [0.3, 0.4) is 0 Å². The predicted molar refractivity (Wildman–Crippen MR) is 108 cm³/mol. The van der Waals surface area contributed by atoms with Crippen molar-refractivity contribution in [3.05, 3.63) is 71.8 Å². The van der Waals surface area contributed by atoms with E-state index in [2.05, 4.69) is 0 Å². The molecule has 0 spiro atoms. The van der Waals surface area contributed by atoms with E-state index in [9.17, 15) is 19.5 Å². The van der Waals surface area contributed by atoms with Gasteiger partial charge in [-0.05, 0) is 24.3 Å². The number of methoxy groups -OCH3 is 1. The Bertz CT molecular complexity index is 883. The molecule has 1 heterocycles. The summed E-state index contributed by atoms with van der Waals surface area (Å²) in [7, 11) is 1.24. The zero-order chi connectivity index (χ0) is 22.2. The number of aliphatic hydroxyl groups is 1. The Balaban J connectivity index is 1.65. The summed E-state index contributed by atoms with van der Waals surface area (Å²) < 4.78 is 21.3. The van der Waals surface area contributed by atoms with Crippen LogP contribution in [0.4, 0.5) is 0 Å². The van der Waals surface area contributed by atoms with Gasteiger partial charge < -0.3 is 24.1 Å². The Labute approximate surface area is 179 Å². The third-order valence-corrected chi connectivity index (χ3v) is 4.92. The van der Waals surface area contributed by atoms with Gasteiger partial charge in [-0.3, -0.25) is 4.79 Å². The monoisotopic (exact) mass is 428 g/mol. The van der Waals surface area contributed by atoms with E-state index in [0.29, 0.717) is 11.1 Å². The maximum Gasteiger partial charge on any atom is 0.338 e. The molecule has 0 bridgehead atoms. The Morgan fingerprint density at radius 2 is 1.52 bits per heavy atom. The predicted octanol–water partition coefficient (Wildman–Crippen LogP) is 2.15. The molecule has 8 nitrogen and oxygen atoms in total. The molecule has 1 N–H and O–H groups in total. The minimum Gasteiger partial charge on any atom is -0.469 e. The van der Waals surface area contributed by atoms with Gasteiger partial charge >= 0.3 is 17.9 Å². The lowest BCUT2D eigenvalue weighted by Crippen LogP contribution is -2.51. The van der Waals surface area contributed by atoms with Gasteiger partial charge in [-0.1, -0.05) is 36.4 Å². The van der Waals surface area contributed by atoms with E-state index in [1.54, 1.807) is 60.7 Å². The molecule has 0 radical (unpaired) electrons. The molecule has 0 aromatic heterocycles. The van der Waals surface area contributed by atoms with Crippen LogP contribution < -0.4 is 0 Å². The fraction of sp³-hybridized carbons (Fsp3) is 0.348. The summed E-state index contributed by atoms with van der Waals surface area (Å²) in [4.78, 5) is 36.4. The highest BCUT2D eigenvalue weighted by Gasteiger charge is 2.41. The second-order valence-corrected chi connectivity index (χ2v) is 7.07. The molecule has 0 amide bonds. The van der Waals surface area contributed by atoms with Crippen LogP contribution in [-0.4, -0.2) is 61.1 Å². The summed E-state index contributed by atoms with van der Waals surface area (Å²) in [6, 6.07) is 16.8. The Hall–Kier alpha value is -3.23. The first kappa shape index (κ1) is 22.5. The molecule has 31 heavy (non-hydrogen) atoms. The Morgan fingerprint density at radius 3 is 2.10 bits per heavy atom. The van der Waals surface area contributed by atoms with E-state index in [1.165, 1.54) is 7.11 Å². The molecule has 4 atom stereocenters. The number of benzene rings is 2. The fourth-order valence-electron chi connectivity index (χ4n) is 3.24. The number of ether oxygens (including phenoxy) is 4. The molecule has 0 saturated carbocycles. The van der Waals surface area contributed by atoms with Crippen LogP contribution in [0.15, 0.2) is 60.7 Å². The lowest BCUT2D eigenvalue weighted by Gasteiger charge is -2.38. The van der Waals surface area contributed by atoms with Crippen molar-refractivity contribution < 1.29 is 38.4 Å². The second kappa shape index (κ2) is 10.7. The lowest BCUT2D eigenvalue weighted by atomic mass is 9.96. The number of carbonyl (C=O) groups is 3. The minimum atomic E-state index is -1.06. The molecule has 0 aliphatic carbocycles. The molecule has 2 aromatic carbocycles. The van der Waals surface area contributed by atoms with Crippen LogP contribution in [0.2, 0.25) is 0 Å². The van der Waals surface area contributed by atoms with Crippen molar-refractivity contribution in [2.75, 3.05) is 13.7 Å². The highest BCUT2D eigenvalue weighted by Crippen LogP contribution is 2.27. The molecule has 1 fully saturated rings. The molecule has 2 aromatic rings. The van der Waals surface area contributed by atoms with Gasteiger partial charge in [0.2, 0.25) is 0 Å². The highest BCUT2D eigenvalue weighted by molar-refractivity contribution is 5.89. The van der Waals surface area contributed by atoms with E-state index in [4.69, 9.17) is 18.9 Å². The lowest BCUT2D eigenvalue weighted by molar-refractivity contribution is -0.188. The molecule has 1 aliphatic rings. The largest absolute Gasteiger partial charge is 0.469 e. The average molecular weight is 428 g/mol. The van der Waals surface area contributed by atoms with Crippen molar-refractivity contribution >= 4 is 17.9 Å². The number of hydrogen-bond acceptors (Lipinski definition) is 8. The molecule has 8 heteroatoms. The van der Waals surface area contributed by atoms with E-state index in [0.717, 1.165) is 0 Å². The minimum absolute atomic E-state index is 0.0216. The zero-order valence-corrected chi connectivity index (χ0v) is 17.0. The van der Waals surface area contributed by atoms with Crippen LogP contribution in [0.5, 0.6) is 0 Å². The second-order valence-electron chi connectivity index (χ2n) is 7.07. The van der Waals surface area contributed by atoms with E-state index < -0.39 is 42.3 Å². The standard InChI is InChI=1S/C23H24O8/c1-28-21(25)13-19-18(31-23(27)16-10-6-3-7-11-16)12-17(24)20(30-19)14-29-22(26)15-8-4-2-5-9-15/h2-11,17-20,24H,12-14H2,1H3/t17-,18-,19+,20+/m1/s1. The van der Waals surface area contributed by atoms with Crippen molar-refractivity contribution in [3.63, 3.8) is 0 Å². The van der Waals surface area contributed by atoms with Crippen LogP contribution in [0.1, 0.15) is 33.6 Å². The first-order valence-corrected chi connectivity index (χ1v) is 9.86. The number of carbonyl (C=O) groups excluding carboxylic acids is 3. The van der Waals surface area contributed by atoms with E-state index in [-0.39, 0.29) is 19.4 Å². The van der Waals surface area contributed by atoms with Crippen LogP contribution >= 0.6 is 0 Å². The molecule has 0 unspecified atom stereocenters. The summed E-state index contributed by atoms with van der Waals surface area (Å²) in [6.07, 6.45) is -3.83. The van der Waals surface area contributed by atoms with Crippen molar-refractivity contribution in [1.29, 1.82) is 0 Å². The molecule has 3 rings (SSSR count). The normalized spacial score (nSPS) is 22.9. The van der Waals surface area contributed by atoms with E-state index >= 15 is 0 Å². The van der Waals surface area contributed by atoms with Crippen molar-refractivity contribution in [1.82, 2.24) is 0 Å². The summed E-state index contributed by atoms with van der Waals surface area (Å²) in [5.74, 6) is -1.70. The van der Waals surface area contributed by atoms with Crippen molar-refractivity contribution in [2.45, 2.75) is 37.3 Å². The molecular weight excluding hydrogens is 404 g/mol. The maximum absolute atomic E-state index is 12.4. The first-order valence-electron chi connectivity index (χ1n) is 9.86. The van der Waals surface area contributed by atoms with Crippen LogP contribution in [0.25, 0.3) is 0 Å². The van der Waals surface area contributed by atoms with Crippen LogP contribution in [0, 0.1) is 0 Å². The maximum atomic E-state index is 12.4. The quantitative estimate of drug-likeness (QED) is 0.528. The first-order chi connectivity index (χ1) is 15.0. The SMILES string of the molecule is COC(=O)C[C@@H]1O[C@@H](COC(=O)c2ccccc2)[C@H](O)C[C@H]1OC(=O)c1ccccc1. The van der Waals surface area contributed by atoms with Gasteiger partial charge in [0.1, 0.15) is 24.9 Å². The molecular formula is C23H24O8. The van der Waals surface area contributed by atoms with Crippen molar-refractivity contribution in [2.24, 2.45) is 0 Å². The third-order valence-electron chi connectivity index (χ3n) is 4.92. The smallest absolute Gasteiger partial charge is 0.338 e. The van der Waals surface area contributed by atoms with Gasteiger partial charge in [-0.15, -0.1) is 0 Å². The van der Waals surface area contributed by atoms with Crippen molar-refractivity contribution in [3.8, 4) is 0 Å². The number of rotatable bonds is 7. The van der Waals surface area contributed by atoms with Gasteiger partial charge in [0.25, 0.3) is 0 Å². The van der Waals surface area contributed by atoms with E-state index in [1.807, 2.05) is 0 Å². The van der Waals surface area contributed by atoms with Crippen LogP contribution in [-0.2, 0) is 23.7 Å². The van der Waals surface area contributed by atoms with Gasteiger partial charge in [-0.25, -0.2) is 9.59 Å². The fourth-order valence-corrected chi connectivity index (χ4v) is 3.24. The third kappa shape index (κ3) is 6.13. The summed E-state index contributed by atoms with van der Waals surface area (Å²) in [5, 5.41) is 10.5. The van der Waals surface area contributed by atoms with Gasteiger partial charge in [-0.2, -0.15) is 0 Å². The zero-order valence-electron chi connectivity index (χ0n) is 17.0. The van der Waals surface area contributed by atoms with Gasteiger partial charge in [0, 0.05) is 6.42 Å². The summed E-state index contributed by atoms with van der Waals surface area (Å²) in [5.41, 5.74) is 0.710. The topological polar surface area (TPSA) is 108 Å². The summed E-state index contributed by atoms with van der Waals surface area (Å²) >= 11 is 0.